The molecule has 0 saturated heterocycles. The number of hydrogen-bond donors (Lipinski definition) is 2. The molecule has 0 amide bonds. The molecule has 0 spiro atoms. The van der Waals surface area contributed by atoms with Crippen LogP contribution in [0.15, 0.2) is 47.4 Å². The van der Waals surface area contributed by atoms with E-state index in [1.165, 1.54) is 18.2 Å². The van der Waals surface area contributed by atoms with Crippen LogP contribution in [0.2, 0.25) is 0 Å². The van der Waals surface area contributed by atoms with E-state index in [9.17, 15) is 17.5 Å². The van der Waals surface area contributed by atoms with Crippen LogP contribution >= 0.6 is 16.5 Å². The lowest BCUT2D eigenvalue weighted by Gasteiger charge is -2.07. The van der Waals surface area contributed by atoms with Gasteiger partial charge in [0.15, 0.2) is 0 Å². The number of sulfone groups is 1. The highest BCUT2D eigenvalue weighted by atomic mass is 32.2. The van der Waals surface area contributed by atoms with Gasteiger partial charge in [-0.05, 0) is 22.9 Å². The second-order valence-corrected chi connectivity index (χ2v) is 7.35. The van der Waals surface area contributed by atoms with Gasteiger partial charge in [0.2, 0.25) is 9.84 Å². The van der Waals surface area contributed by atoms with Gasteiger partial charge in [-0.2, -0.15) is 0 Å². The molecule has 0 fully saturated rings. The fraction of sp³-hybridized carbons (Fsp3) is 0.0909. The maximum Gasteiger partial charge on any atom is 0.698 e. The first kappa shape index (κ1) is 17.1. The molecule has 22 heavy (non-hydrogen) atoms. The van der Waals surface area contributed by atoms with Gasteiger partial charge in [-0.15, -0.1) is 9.79 Å². The molecule has 0 bridgehead atoms. The Balaban J connectivity index is 2.47. The first-order chi connectivity index (χ1) is 10.3. The molecule has 2 N–H and O–H groups in total. The number of fused-ring (bicyclic) bond motifs is 1. The first-order valence-corrected chi connectivity index (χ1v) is 9.50. The molecule has 2 aromatic rings. The summed E-state index contributed by atoms with van der Waals surface area (Å²) in [5.74, 6) is 0. The van der Waals surface area contributed by atoms with Crippen LogP contribution in [-0.2, 0) is 28.0 Å². The molecule has 0 aliphatic heterocycles. The van der Waals surface area contributed by atoms with E-state index in [1.807, 2.05) is 0 Å². The van der Waals surface area contributed by atoms with Gasteiger partial charge in [-0.3, -0.25) is 0 Å². The SMILES string of the molecule is O=[P+](O)OC(O[P+](=O)O)S(=O)(=O)c1ccc2ccccc2c1. The molecule has 2 atom stereocenters. The maximum atomic E-state index is 12.3. The van der Waals surface area contributed by atoms with Crippen molar-refractivity contribution in [2.45, 2.75) is 10.5 Å². The average molecular weight is 364 g/mol. The van der Waals surface area contributed by atoms with E-state index in [1.54, 1.807) is 24.3 Å². The summed E-state index contributed by atoms with van der Waals surface area (Å²) >= 11 is 0. The molecular formula is C11H10O8P2S+2. The van der Waals surface area contributed by atoms with E-state index < -0.39 is 32.0 Å². The molecule has 11 heteroatoms. The van der Waals surface area contributed by atoms with Crippen LogP contribution in [-0.4, -0.2) is 23.8 Å². The molecule has 116 valence electrons. The Bertz CT molecular complexity index is 819. The molecule has 2 unspecified atom stereocenters. The van der Waals surface area contributed by atoms with Crippen molar-refractivity contribution >= 4 is 37.1 Å². The quantitative estimate of drug-likeness (QED) is 0.590. The van der Waals surface area contributed by atoms with Crippen molar-refractivity contribution in [2.24, 2.45) is 0 Å². The predicted molar refractivity (Wildman–Crippen MR) is 76.7 cm³/mol. The van der Waals surface area contributed by atoms with Crippen molar-refractivity contribution in [3.8, 4) is 0 Å². The Labute approximate surface area is 127 Å². The first-order valence-electron chi connectivity index (χ1n) is 5.69. The highest BCUT2D eigenvalue weighted by Gasteiger charge is 2.44. The van der Waals surface area contributed by atoms with Gasteiger partial charge >= 0.3 is 22.1 Å². The second-order valence-electron chi connectivity index (χ2n) is 4.03. The average Bonchev–Trinajstić information content (AvgIpc) is 2.45. The van der Waals surface area contributed by atoms with Crippen LogP contribution in [0.3, 0.4) is 0 Å². The third kappa shape index (κ3) is 3.91. The molecule has 2 aromatic carbocycles. The minimum absolute atomic E-state index is 0.273. The van der Waals surface area contributed by atoms with Gasteiger partial charge in [-0.25, -0.2) is 8.42 Å². The summed E-state index contributed by atoms with van der Waals surface area (Å²) in [6.45, 7) is 0. The van der Waals surface area contributed by atoms with E-state index in [2.05, 4.69) is 9.05 Å². The number of hydrogen-bond acceptors (Lipinski definition) is 6. The molecule has 0 aliphatic rings. The molecule has 2 rings (SSSR count). The third-order valence-corrected chi connectivity index (χ3v) is 5.29. The summed E-state index contributed by atoms with van der Waals surface area (Å²) < 4.78 is 54.4. The molecule has 0 aliphatic carbocycles. The normalized spacial score (nSPS) is 14.6. The predicted octanol–water partition coefficient (Wildman–Crippen LogP) is 2.23. The highest BCUT2D eigenvalue weighted by Crippen LogP contribution is 2.33. The molecular weight excluding hydrogens is 354 g/mol. The second kappa shape index (κ2) is 6.85. The zero-order valence-corrected chi connectivity index (χ0v) is 13.4. The van der Waals surface area contributed by atoms with Crippen LogP contribution in [0, 0.1) is 0 Å². The largest absolute Gasteiger partial charge is 0.698 e. The summed E-state index contributed by atoms with van der Waals surface area (Å²) in [4.78, 5) is 17.1. The van der Waals surface area contributed by atoms with E-state index in [-0.39, 0.29) is 4.90 Å². The summed E-state index contributed by atoms with van der Waals surface area (Å²) in [6, 6.07) is 11.0. The van der Waals surface area contributed by atoms with Crippen LogP contribution in [0.5, 0.6) is 0 Å². The summed E-state index contributed by atoms with van der Waals surface area (Å²) in [6.07, 6.45) is 0. The lowest BCUT2D eigenvalue weighted by atomic mass is 10.1. The summed E-state index contributed by atoms with van der Waals surface area (Å²) in [5, 5.41) is 1.38. The fourth-order valence-electron chi connectivity index (χ4n) is 1.74. The Morgan fingerprint density at radius 1 is 0.909 bits per heavy atom. The van der Waals surface area contributed by atoms with Gasteiger partial charge in [0, 0.05) is 9.13 Å². The topological polar surface area (TPSA) is 127 Å². The Morgan fingerprint density at radius 3 is 2.00 bits per heavy atom. The van der Waals surface area contributed by atoms with Crippen molar-refractivity contribution < 1.29 is 36.4 Å². The zero-order valence-electron chi connectivity index (χ0n) is 10.8. The Kier molecular flexibility index (Phi) is 5.31. The maximum absolute atomic E-state index is 12.3. The number of rotatable bonds is 6. The van der Waals surface area contributed by atoms with Crippen LogP contribution in [0.4, 0.5) is 0 Å². The van der Waals surface area contributed by atoms with Gasteiger partial charge in [-0.1, -0.05) is 39.4 Å². The monoisotopic (exact) mass is 364 g/mol. The highest BCUT2D eigenvalue weighted by molar-refractivity contribution is 7.92. The van der Waals surface area contributed by atoms with Crippen molar-refractivity contribution in [2.75, 3.05) is 0 Å². The third-order valence-electron chi connectivity index (χ3n) is 2.66. The van der Waals surface area contributed by atoms with Crippen molar-refractivity contribution in [1.82, 2.24) is 0 Å². The van der Waals surface area contributed by atoms with Crippen LogP contribution in [0.25, 0.3) is 10.8 Å². The van der Waals surface area contributed by atoms with Gasteiger partial charge in [0.25, 0.3) is 0 Å². The van der Waals surface area contributed by atoms with E-state index >= 15 is 0 Å². The van der Waals surface area contributed by atoms with Gasteiger partial charge < -0.3 is 0 Å². The van der Waals surface area contributed by atoms with E-state index in [0.717, 1.165) is 5.39 Å². The number of benzene rings is 2. The zero-order chi connectivity index (χ0) is 16.3. The van der Waals surface area contributed by atoms with E-state index in [0.29, 0.717) is 5.39 Å². The van der Waals surface area contributed by atoms with Crippen molar-refractivity contribution in [3.63, 3.8) is 0 Å². The smallest absolute Gasteiger partial charge is 0.218 e. The molecule has 8 nitrogen and oxygen atoms in total. The van der Waals surface area contributed by atoms with Crippen molar-refractivity contribution in [1.29, 1.82) is 0 Å². The standard InChI is InChI=1S/C11H8O8P2S/c12-20(13)18-11(19-21(14)15)22(16,17)10-6-5-8-3-1-2-4-9(8)7-10/h1-7,11H/p+2. The molecule has 0 saturated carbocycles. The minimum Gasteiger partial charge on any atom is -0.218 e. The van der Waals surface area contributed by atoms with Crippen molar-refractivity contribution in [3.05, 3.63) is 42.5 Å². The lowest BCUT2D eigenvalue weighted by molar-refractivity contribution is 0.0683. The molecule has 0 heterocycles. The molecule has 0 aromatic heterocycles. The Morgan fingerprint density at radius 2 is 1.45 bits per heavy atom. The van der Waals surface area contributed by atoms with Gasteiger partial charge in [0.1, 0.15) is 0 Å². The minimum atomic E-state index is -4.41. The van der Waals surface area contributed by atoms with Crippen LogP contribution < -0.4 is 0 Å². The fourth-order valence-corrected chi connectivity index (χ4v) is 4.30. The summed E-state index contributed by atoms with van der Waals surface area (Å²) in [7, 11) is -11.1. The summed E-state index contributed by atoms with van der Waals surface area (Å²) in [5.41, 5.74) is -2.36. The van der Waals surface area contributed by atoms with Crippen LogP contribution in [0.1, 0.15) is 0 Å². The van der Waals surface area contributed by atoms with E-state index in [4.69, 9.17) is 9.79 Å². The molecule has 0 radical (unpaired) electrons. The lowest BCUT2D eigenvalue weighted by Crippen LogP contribution is -2.23. The Hall–Kier alpha value is -1.31. The van der Waals surface area contributed by atoms with Gasteiger partial charge in [0.05, 0.1) is 4.90 Å².